The van der Waals surface area contributed by atoms with Crippen LogP contribution in [-0.4, -0.2) is 32.8 Å². The Balaban J connectivity index is 0.00000312. The molecule has 0 radical (unpaired) electrons. The van der Waals surface area contributed by atoms with Gasteiger partial charge >= 0.3 is 0 Å². The molecular weight excluding hydrogens is 342 g/mol. The Hall–Kier alpha value is -1.86. The molecular formula is C17H28ClN5O2. The number of H-pyrrole nitrogens is 1. The van der Waals surface area contributed by atoms with E-state index in [1.807, 2.05) is 34.6 Å². The summed E-state index contributed by atoms with van der Waals surface area (Å²) in [5.74, 6) is 0.0996. The van der Waals surface area contributed by atoms with Crippen LogP contribution in [0, 0.1) is 19.8 Å². The van der Waals surface area contributed by atoms with Crippen LogP contribution in [0.3, 0.4) is 0 Å². The molecule has 0 aliphatic rings. The number of carbonyl (C=O) groups is 1. The normalized spacial score (nSPS) is 13.6. The molecule has 25 heavy (non-hydrogen) atoms. The van der Waals surface area contributed by atoms with Gasteiger partial charge in [-0.2, -0.15) is 0 Å². The number of amides is 1. The quantitative estimate of drug-likeness (QED) is 0.739. The van der Waals surface area contributed by atoms with Crippen molar-refractivity contribution in [3.8, 4) is 0 Å². The van der Waals surface area contributed by atoms with Crippen LogP contribution in [0.5, 0.6) is 0 Å². The lowest BCUT2D eigenvalue weighted by atomic mass is 9.88. The Kier molecular flexibility index (Phi) is 6.42. The fourth-order valence-corrected chi connectivity index (χ4v) is 2.86. The van der Waals surface area contributed by atoms with Crippen LogP contribution in [0.1, 0.15) is 37.6 Å². The molecule has 1 unspecified atom stereocenters. The van der Waals surface area contributed by atoms with E-state index in [0.717, 1.165) is 16.8 Å². The zero-order valence-electron chi connectivity index (χ0n) is 15.7. The fourth-order valence-electron chi connectivity index (χ4n) is 2.86. The number of hydrogen-bond acceptors (Lipinski definition) is 4. The van der Waals surface area contributed by atoms with Gasteiger partial charge in [-0.3, -0.25) is 19.4 Å². The van der Waals surface area contributed by atoms with Crippen LogP contribution in [0.25, 0.3) is 11.0 Å². The molecule has 7 nitrogen and oxygen atoms in total. The van der Waals surface area contributed by atoms with Gasteiger partial charge in [0.05, 0.1) is 17.3 Å². The third-order valence-electron chi connectivity index (χ3n) is 5.04. The first-order valence-electron chi connectivity index (χ1n) is 8.16. The van der Waals surface area contributed by atoms with Gasteiger partial charge in [0, 0.05) is 19.3 Å². The fraction of sp³-hybridized carbons (Fsp3) is 0.588. The molecule has 0 aromatic carbocycles. The minimum absolute atomic E-state index is 0. The van der Waals surface area contributed by atoms with Gasteiger partial charge in [-0.25, -0.2) is 4.98 Å². The summed E-state index contributed by atoms with van der Waals surface area (Å²) in [6.45, 7) is 10.1. The molecule has 0 bridgehead atoms. The number of nitrogens with one attached hydrogen (secondary N) is 2. The topological polar surface area (TPSA) is 106 Å². The molecule has 0 aliphatic carbocycles. The molecule has 1 amide bonds. The number of aromatic amines is 1. The first-order valence-corrected chi connectivity index (χ1v) is 8.16. The summed E-state index contributed by atoms with van der Waals surface area (Å²) in [7, 11) is 1.75. The molecule has 1 atom stereocenters. The molecule has 2 aromatic heterocycles. The van der Waals surface area contributed by atoms with Crippen molar-refractivity contribution in [3.63, 3.8) is 0 Å². The van der Waals surface area contributed by atoms with Gasteiger partial charge < -0.3 is 11.1 Å². The van der Waals surface area contributed by atoms with Gasteiger partial charge in [0.2, 0.25) is 5.91 Å². The highest BCUT2D eigenvalue weighted by atomic mass is 35.5. The van der Waals surface area contributed by atoms with Crippen LogP contribution in [0.2, 0.25) is 0 Å². The van der Waals surface area contributed by atoms with E-state index in [1.54, 1.807) is 11.7 Å². The number of carbonyl (C=O) groups excluding carboxylic acids is 1. The first-order chi connectivity index (χ1) is 11.1. The van der Waals surface area contributed by atoms with Crippen LogP contribution < -0.4 is 16.6 Å². The van der Waals surface area contributed by atoms with Gasteiger partial charge in [0.15, 0.2) is 5.65 Å². The van der Waals surface area contributed by atoms with E-state index in [4.69, 9.17) is 5.73 Å². The zero-order chi connectivity index (χ0) is 18.2. The maximum Gasteiger partial charge on any atom is 0.273 e. The van der Waals surface area contributed by atoms with E-state index < -0.39 is 5.54 Å². The van der Waals surface area contributed by atoms with Crippen molar-refractivity contribution in [1.29, 1.82) is 0 Å². The lowest BCUT2D eigenvalue weighted by Gasteiger charge is -2.33. The molecule has 2 rings (SSSR count). The number of nitrogens with two attached hydrogens (primary N) is 1. The van der Waals surface area contributed by atoms with Crippen LogP contribution in [-0.2, 0) is 18.3 Å². The Labute approximate surface area is 153 Å². The molecule has 0 aliphatic heterocycles. The largest absolute Gasteiger partial charge is 0.349 e. The highest BCUT2D eigenvalue weighted by Crippen LogP contribution is 2.21. The van der Waals surface area contributed by atoms with E-state index in [-0.39, 0.29) is 36.2 Å². The second kappa shape index (κ2) is 7.58. The Morgan fingerprint density at radius 1 is 1.40 bits per heavy atom. The zero-order valence-corrected chi connectivity index (χ0v) is 16.5. The third kappa shape index (κ3) is 3.88. The van der Waals surface area contributed by atoms with Gasteiger partial charge in [-0.15, -0.1) is 12.4 Å². The SMILES string of the molecule is Cc1nc2c(c(C)c1CC(=O)NC(C)(CN)C(C)C)c(=O)[nH]n2C.Cl. The van der Waals surface area contributed by atoms with E-state index in [0.29, 0.717) is 17.6 Å². The summed E-state index contributed by atoms with van der Waals surface area (Å²) in [6.07, 6.45) is 0.178. The Morgan fingerprint density at radius 2 is 2.00 bits per heavy atom. The number of hydrogen-bond donors (Lipinski definition) is 3. The average Bonchev–Trinajstić information content (AvgIpc) is 2.77. The molecule has 0 saturated heterocycles. The maximum absolute atomic E-state index is 12.5. The first kappa shape index (κ1) is 21.2. The summed E-state index contributed by atoms with van der Waals surface area (Å²) >= 11 is 0. The van der Waals surface area contributed by atoms with Crippen molar-refractivity contribution >= 4 is 29.3 Å². The van der Waals surface area contributed by atoms with Crippen molar-refractivity contribution in [1.82, 2.24) is 20.1 Å². The number of aromatic nitrogens is 3. The summed E-state index contributed by atoms with van der Waals surface area (Å²) in [5.41, 5.74) is 8.14. The number of halogens is 1. The number of fused-ring (bicyclic) bond motifs is 1. The highest BCUT2D eigenvalue weighted by molar-refractivity contribution is 5.85. The molecule has 0 fully saturated rings. The number of rotatable bonds is 5. The third-order valence-corrected chi connectivity index (χ3v) is 5.04. The minimum Gasteiger partial charge on any atom is -0.349 e. The predicted molar refractivity (Wildman–Crippen MR) is 102 cm³/mol. The summed E-state index contributed by atoms with van der Waals surface area (Å²) in [6, 6.07) is 0. The standard InChI is InChI=1S/C17H27N5O2.ClH/c1-9(2)17(5,8-18)20-13(23)7-12-10(3)14-15(19-11(12)4)22(6)21-16(14)24;/h9H,7-8,18H2,1-6H3,(H,20,23)(H,21,24);1H. The second-order valence-corrected chi connectivity index (χ2v) is 7.00. The maximum atomic E-state index is 12.5. The van der Waals surface area contributed by atoms with Crippen molar-refractivity contribution in [3.05, 3.63) is 27.2 Å². The van der Waals surface area contributed by atoms with Crippen LogP contribution in [0.4, 0.5) is 0 Å². The van der Waals surface area contributed by atoms with Gasteiger partial charge in [0.1, 0.15) is 0 Å². The molecule has 8 heteroatoms. The van der Waals surface area contributed by atoms with Gasteiger partial charge in [-0.05, 0) is 37.8 Å². The van der Waals surface area contributed by atoms with E-state index in [1.165, 1.54) is 0 Å². The van der Waals surface area contributed by atoms with Gasteiger partial charge in [0.25, 0.3) is 5.56 Å². The summed E-state index contributed by atoms with van der Waals surface area (Å²) in [4.78, 5) is 29.1. The molecule has 140 valence electrons. The Bertz CT molecular complexity index is 840. The number of nitrogens with zero attached hydrogens (tertiary/aromatic N) is 2. The van der Waals surface area contributed by atoms with Crippen molar-refractivity contribution in [2.24, 2.45) is 18.7 Å². The van der Waals surface area contributed by atoms with E-state index in [2.05, 4.69) is 15.4 Å². The minimum atomic E-state index is -0.458. The number of aryl methyl sites for hydroxylation is 3. The molecule has 0 saturated carbocycles. The molecule has 2 aromatic rings. The predicted octanol–water partition coefficient (Wildman–Crippen LogP) is 1.33. The van der Waals surface area contributed by atoms with Crippen LogP contribution in [0.15, 0.2) is 4.79 Å². The van der Waals surface area contributed by atoms with E-state index >= 15 is 0 Å². The molecule has 0 spiro atoms. The van der Waals surface area contributed by atoms with Crippen molar-refractivity contribution in [2.75, 3.05) is 6.54 Å². The molecule has 2 heterocycles. The lowest BCUT2D eigenvalue weighted by Crippen LogP contribution is -2.55. The smallest absolute Gasteiger partial charge is 0.273 e. The van der Waals surface area contributed by atoms with Crippen molar-refractivity contribution in [2.45, 2.75) is 46.6 Å². The highest BCUT2D eigenvalue weighted by Gasteiger charge is 2.29. The monoisotopic (exact) mass is 369 g/mol. The Morgan fingerprint density at radius 3 is 2.52 bits per heavy atom. The van der Waals surface area contributed by atoms with Gasteiger partial charge in [-0.1, -0.05) is 13.8 Å². The average molecular weight is 370 g/mol. The van der Waals surface area contributed by atoms with Crippen molar-refractivity contribution < 1.29 is 4.79 Å². The lowest BCUT2D eigenvalue weighted by molar-refractivity contribution is -0.122. The number of pyridine rings is 1. The van der Waals surface area contributed by atoms with Crippen LogP contribution >= 0.6 is 12.4 Å². The molecule has 4 N–H and O–H groups in total. The van der Waals surface area contributed by atoms with E-state index in [9.17, 15) is 9.59 Å². The summed E-state index contributed by atoms with van der Waals surface area (Å²) in [5, 5.41) is 6.28. The second-order valence-electron chi connectivity index (χ2n) is 7.00. The summed E-state index contributed by atoms with van der Waals surface area (Å²) < 4.78 is 1.60.